The molecule has 3 nitrogen and oxygen atoms in total. The lowest BCUT2D eigenvalue weighted by Gasteiger charge is -2.37. The Balaban J connectivity index is 1.81. The van der Waals surface area contributed by atoms with E-state index in [1.807, 2.05) is 0 Å². The fraction of sp³-hybridized carbons (Fsp3) is 0.588. The Bertz CT molecular complexity index is 535. The molecule has 0 radical (unpaired) electrons. The molecule has 1 heterocycles. The Labute approximate surface area is 130 Å². The van der Waals surface area contributed by atoms with Crippen LogP contribution in [-0.2, 0) is 4.74 Å². The average Bonchev–Trinajstić information content (AvgIpc) is 2.94. The predicted molar refractivity (Wildman–Crippen MR) is 82.2 cm³/mol. The van der Waals surface area contributed by atoms with E-state index in [0.29, 0.717) is 22.9 Å². The zero-order chi connectivity index (χ0) is 14.9. The van der Waals surface area contributed by atoms with Gasteiger partial charge in [-0.05, 0) is 43.9 Å². The number of hydrogen-bond acceptors (Lipinski definition) is 3. The summed E-state index contributed by atoms with van der Waals surface area (Å²) in [5.41, 5.74) is 0.597. The molecule has 0 N–H and O–H groups in total. The molecule has 1 spiro atoms. The SMILES string of the molecule is COc1cc(Cl)ccc1C(=O)C1CCOC2(CCCC2)C1. The molecule has 1 aromatic carbocycles. The fourth-order valence-corrected chi connectivity index (χ4v) is 3.87. The monoisotopic (exact) mass is 308 g/mol. The number of rotatable bonds is 3. The Morgan fingerprint density at radius 1 is 1.38 bits per heavy atom. The third kappa shape index (κ3) is 2.95. The summed E-state index contributed by atoms with van der Waals surface area (Å²) < 4.78 is 11.3. The van der Waals surface area contributed by atoms with Gasteiger partial charge in [-0.25, -0.2) is 0 Å². The molecular weight excluding hydrogens is 288 g/mol. The number of halogens is 1. The highest BCUT2D eigenvalue weighted by molar-refractivity contribution is 6.30. The maximum absolute atomic E-state index is 12.9. The van der Waals surface area contributed by atoms with Gasteiger partial charge in [0.05, 0.1) is 18.3 Å². The van der Waals surface area contributed by atoms with E-state index in [2.05, 4.69) is 0 Å². The molecule has 4 heteroatoms. The normalized spacial score (nSPS) is 24.2. The zero-order valence-electron chi connectivity index (χ0n) is 12.4. The van der Waals surface area contributed by atoms with Gasteiger partial charge in [0, 0.05) is 17.5 Å². The lowest BCUT2D eigenvalue weighted by Crippen LogP contribution is -2.39. The van der Waals surface area contributed by atoms with Crippen LogP contribution in [0.15, 0.2) is 18.2 Å². The molecule has 1 saturated heterocycles. The maximum Gasteiger partial charge on any atom is 0.169 e. The third-order valence-corrected chi connectivity index (χ3v) is 5.04. The van der Waals surface area contributed by atoms with Gasteiger partial charge in [0.2, 0.25) is 0 Å². The molecular formula is C17H21ClO3. The molecule has 0 aromatic heterocycles. The number of ketones is 1. The second kappa shape index (κ2) is 5.98. The second-order valence-corrected chi connectivity index (χ2v) is 6.57. The van der Waals surface area contributed by atoms with Gasteiger partial charge in [-0.3, -0.25) is 4.79 Å². The number of benzene rings is 1. The first kappa shape index (κ1) is 14.9. The van der Waals surface area contributed by atoms with Crippen LogP contribution in [0.1, 0.15) is 48.9 Å². The first-order chi connectivity index (χ1) is 10.1. The first-order valence-electron chi connectivity index (χ1n) is 7.65. The molecule has 2 aliphatic rings. The van der Waals surface area contributed by atoms with Crippen molar-refractivity contribution in [2.24, 2.45) is 5.92 Å². The number of Topliss-reactive ketones (excluding diaryl/α,β-unsaturated/α-hetero) is 1. The molecule has 1 aliphatic carbocycles. The van der Waals surface area contributed by atoms with Crippen molar-refractivity contribution >= 4 is 17.4 Å². The number of hydrogen-bond donors (Lipinski definition) is 0. The van der Waals surface area contributed by atoms with Crippen molar-refractivity contribution in [2.45, 2.75) is 44.1 Å². The molecule has 1 aliphatic heterocycles. The molecule has 2 fully saturated rings. The van der Waals surface area contributed by atoms with Crippen molar-refractivity contribution in [1.82, 2.24) is 0 Å². The van der Waals surface area contributed by atoms with E-state index in [1.165, 1.54) is 12.8 Å². The van der Waals surface area contributed by atoms with Crippen LogP contribution < -0.4 is 4.74 Å². The van der Waals surface area contributed by atoms with Gasteiger partial charge in [0.15, 0.2) is 5.78 Å². The highest BCUT2D eigenvalue weighted by atomic mass is 35.5. The molecule has 1 saturated carbocycles. The third-order valence-electron chi connectivity index (χ3n) is 4.81. The van der Waals surface area contributed by atoms with Crippen molar-refractivity contribution in [3.63, 3.8) is 0 Å². The number of carbonyl (C=O) groups is 1. The van der Waals surface area contributed by atoms with Crippen LogP contribution in [0, 0.1) is 5.92 Å². The van der Waals surface area contributed by atoms with Crippen molar-refractivity contribution in [3.8, 4) is 5.75 Å². The molecule has 1 atom stereocenters. The van der Waals surface area contributed by atoms with E-state index in [4.69, 9.17) is 21.1 Å². The van der Waals surface area contributed by atoms with Crippen LogP contribution in [0.5, 0.6) is 5.75 Å². The summed E-state index contributed by atoms with van der Waals surface area (Å²) in [6, 6.07) is 5.24. The minimum Gasteiger partial charge on any atom is -0.496 e. The predicted octanol–water partition coefficient (Wildman–Crippen LogP) is 4.27. The van der Waals surface area contributed by atoms with Gasteiger partial charge in [-0.1, -0.05) is 24.4 Å². The number of carbonyl (C=O) groups excluding carboxylic acids is 1. The molecule has 0 amide bonds. The van der Waals surface area contributed by atoms with E-state index < -0.39 is 0 Å². The second-order valence-electron chi connectivity index (χ2n) is 6.14. The summed E-state index contributed by atoms with van der Waals surface area (Å²) in [5.74, 6) is 0.768. The van der Waals surface area contributed by atoms with E-state index in [1.54, 1.807) is 25.3 Å². The van der Waals surface area contributed by atoms with Crippen LogP contribution in [0.4, 0.5) is 0 Å². The van der Waals surface area contributed by atoms with Gasteiger partial charge in [0.1, 0.15) is 5.75 Å². The van der Waals surface area contributed by atoms with Gasteiger partial charge in [-0.2, -0.15) is 0 Å². The minimum atomic E-state index is -0.0434. The summed E-state index contributed by atoms with van der Waals surface area (Å²) in [5, 5.41) is 0.586. The van der Waals surface area contributed by atoms with Crippen LogP contribution >= 0.6 is 11.6 Å². The molecule has 0 bridgehead atoms. The first-order valence-corrected chi connectivity index (χ1v) is 8.03. The average molecular weight is 309 g/mol. The van der Waals surface area contributed by atoms with E-state index in [0.717, 1.165) is 25.7 Å². The summed E-state index contributed by atoms with van der Waals surface area (Å²) in [7, 11) is 1.57. The summed E-state index contributed by atoms with van der Waals surface area (Å²) >= 11 is 5.97. The standard InChI is InChI=1S/C17H21ClO3/c1-20-15-10-13(18)4-5-14(15)16(19)12-6-9-21-17(11-12)7-2-3-8-17/h4-5,10,12H,2-3,6-9,11H2,1H3. The Hall–Kier alpha value is -1.06. The van der Waals surface area contributed by atoms with E-state index in [-0.39, 0.29) is 17.3 Å². The Kier molecular flexibility index (Phi) is 4.23. The van der Waals surface area contributed by atoms with Gasteiger partial charge >= 0.3 is 0 Å². The van der Waals surface area contributed by atoms with E-state index >= 15 is 0 Å². The molecule has 114 valence electrons. The molecule has 21 heavy (non-hydrogen) atoms. The summed E-state index contributed by atoms with van der Waals surface area (Å²) in [4.78, 5) is 12.9. The van der Waals surface area contributed by atoms with Crippen molar-refractivity contribution in [1.29, 1.82) is 0 Å². The van der Waals surface area contributed by atoms with Crippen LogP contribution in [0.3, 0.4) is 0 Å². The van der Waals surface area contributed by atoms with Crippen molar-refractivity contribution < 1.29 is 14.3 Å². The highest BCUT2D eigenvalue weighted by Crippen LogP contribution is 2.43. The summed E-state index contributed by atoms with van der Waals surface area (Å²) in [6.07, 6.45) is 6.25. The minimum absolute atomic E-state index is 0.0342. The fourth-order valence-electron chi connectivity index (χ4n) is 3.71. The van der Waals surface area contributed by atoms with Gasteiger partial charge < -0.3 is 9.47 Å². The highest BCUT2D eigenvalue weighted by Gasteiger charge is 2.42. The van der Waals surface area contributed by atoms with Crippen molar-refractivity contribution in [2.75, 3.05) is 13.7 Å². The Morgan fingerprint density at radius 2 is 2.14 bits per heavy atom. The number of ether oxygens (including phenoxy) is 2. The number of methoxy groups -OCH3 is 1. The van der Waals surface area contributed by atoms with E-state index in [9.17, 15) is 4.79 Å². The Morgan fingerprint density at radius 3 is 2.86 bits per heavy atom. The van der Waals surface area contributed by atoms with Crippen LogP contribution in [-0.4, -0.2) is 25.1 Å². The molecule has 1 unspecified atom stereocenters. The summed E-state index contributed by atoms with van der Waals surface area (Å²) in [6.45, 7) is 0.687. The zero-order valence-corrected chi connectivity index (χ0v) is 13.1. The topological polar surface area (TPSA) is 35.5 Å². The maximum atomic E-state index is 12.9. The molecule has 3 rings (SSSR count). The lowest BCUT2D eigenvalue weighted by atomic mass is 9.80. The molecule has 1 aromatic rings. The van der Waals surface area contributed by atoms with Crippen molar-refractivity contribution in [3.05, 3.63) is 28.8 Å². The lowest BCUT2D eigenvalue weighted by molar-refractivity contribution is -0.0866. The van der Waals surface area contributed by atoms with Gasteiger partial charge in [0.25, 0.3) is 0 Å². The smallest absolute Gasteiger partial charge is 0.169 e. The van der Waals surface area contributed by atoms with Crippen LogP contribution in [0.25, 0.3) is 0 Å². The quantitative estimate of drug-likeness (QED) is 0.782. The van der Waals surface area contributed by atoms with Gasteiger partial charge in [-0.15, -0.1) is 0 Å². The largest absolute Gasteiger partial charge is 0.496 e. The van der Waals surface area contributed by atoms with Crippen LogP contribution in [0.2, 0.25) is 5.02 Å².